The average Bonchev–Trinajstić information content (AvgIpc) is 2.46. The molecule has 0 aliphatic carbocycles. The fourth-order valence-electron chi connectivity index (χ4n) is 2.28. The van der Waals surface area contributed by atoms with Gasteiger partial charge >= 0.3 is 0 Å². The molecule has 1 nitrogen and oxygen atoms in total. The van der Waals surface area contributed by atoms with Crippen molar-refractivity contribution in [2.24, 2.45) is 0 Å². The summed E-state index contributed by atoms with van der Waals surface area (Å²) in [6, 6.07) is 14.1. The van der Waals surface area contributed by atoms with E-state index in [1.807, 2.05) is 24.3 Å². The zero-order valence-electron chi connectivity index (χ0n) is 10.4. The van der Waals surface area contributed by atoms with Crippen molar-refractivity contribution in [3.8, 4) is 0 Å². The number of hydrogen-bond acceptors (Lipinski definition) is 2. The fourth-order valence-corrected chi connectivity index (χ4v) is 3.61. The Hall–Kier alpha value is -1.19. The number of benzene rings is 2. The molecule has 3 heteroatoms. The molecule has 1 aromatic heterocycles. The third-order valence-electron chi connectivity index (χ3n) is 3.24. The number of aryl methyl sites for hydroxylation is 1. The van der Waals surface area contributed by atoms with Gasteiger partial charge < -0.3 is 0 Å². The van der Waals surface area contributed by atoms with Gasteiger partial charge in [0.25, 0.3) is 0 Å². The minimum absolute atomic E-state index is 0.157. The zero-order valence-corrected chi connectivity index (χ0v) is 12.8. The summed E-state index contributed by atoms with van der Waals surface area (Å²) < 4.78 is 2.14. The maximum atomic E-state index is 12.5. The van der Waals surface area contributed by atoms with Crippen molar-refractivity contribution < 1.29 is 0 Å². The molecule has 3 aromatic rings. The van der Waals surface area contributed by atoms with E-state index in [9.17, 15) is 4.79 Å². The van der Waals surface area contributed by atoms with Gasteiger partial charge in [-0.3, -0.25) is 4.79 Å². The molecule has 3 rings (SSSR count). The van der Waals surface area contributed by atoms with Gasteiger partial charge in [-0.1, -0.05) is 34.1 Å². The second-order valence-corrected chi connectivity index (χ2v) is 6.43. The van der Waals surface area contributed by atoms with Crippen molar-refractivity contribution in [2.75, 3.05) is 5.33 Å². The van der Waals surface area contributed by atoms with Crippen molar-refractivity contribution in [1.29, 1.82) is 0 Å². The summed E-state index contributed by atoms with van der Waals surface area (Å²) in [5.74, 6) is 0. The van der Waals surface area contributed by atoms with E-state index < -0.39 is 0 Å². The SMILES string of the molecule is O=c1c2ccccc2sc2ccc(CCCBr)cc12. The largest absolute Gasteiger partial charge is 0.289 e. The second-order valence-electron chi connectivity index (χ2n) is 4.55. The van der Waals surface area contributed by atoms with Crippen LogP contribution in [0.25, 0.3) is 20.2 Å². The Bertz CT molecular complexity index is 791. The summed E-state index contributed by atoms with van der Waals surface area (Å²) in [6.07, 6.45) is 2.11. The highest BCUT2D eigenvalue weighted by atomic mass is 79.9. The van der Waals surface area contributed by atoms with E-state index in [0.717, 1.165) is 38.3 Å². The van der Waals surface area contributed by atoms with Crippen molar-refractivity contribution in [3.05, 3.63) is 58.3 Å². The van der Waals surface area contributed by atoms with E-state index in [1.165, 1.54) is 5.56 Å². The molecule has 0 saturated carbocycles. The van der Waals surface area contributed by atoms with E-state index >= 15 is 0 Å². The summed E-state index contributed by atoms with van der Waals surface area (Å²) in [7, 11) is 0. The summed E-state index contributed by atoms with van der Waals surface area (Å²) in [6.45, 7) is 0. The van der Waals surface area contributed by atoms with Crippen LogP contribution in [0.4, 0.5) is 0 Å². The van der Waals surface area contributed by atoms with Gasteiger partial charge in [-0.25, -0.2) is 0 Å². The van der Waals surface area contributed by atoms with Crippen LogP contribution in [0, 0.1) is 0 Å². The predicted molar refractivity (Wildman–Crippen MR) is 87.7 cm³/mol. The van der Waals surface area contributed by atoms with Gasteiger partial charge in [0.15, 0.2) is 5.43 Å². The van der Waals surface area contributed by atoms with Gasteiger partial charge in [-0.2, -0.15) is 0 Å². The lowest BCUT2D eigenvalue weighted by atomic mass is 10.1. The third kappa shape index (κ3) is 2.45. The lowest BCUT2D eigenvalue weighted by Crippen LogP contribution is -2.01. The van der Waals surface area contributed by atoms with Gasteiger partial charge in [-0.15, -0.1) is 11.3 Å². The van der Waals surface area contributed by atoms with E-state index in [4.69, 9.17) is 0 Å². The normalized spacial score (nSPS) is 11.2. The molecule has 0 spiro atoms. The lowest BCUT2D eigenvalue weighted by molar-refractivity contribution is 0.941. The van der Waals surface area contributed by atoms with Crippen LogP contribution in [0.1, 0.15) is 12.0 Å². The number of hydrogen-bond donors (Lipinski definition) is 0. The summed E-state index contributed by atoms with van der Waals surface area (Å²) in [5.41, 5.74) is 1.40. The molecule has 96 valence electrons. The van der Waals surface area contributed by atoms with Gasteiger partial charge in [0.1, 0.15) is 0 Å². The van der Waals surface area contributed by atoms with Crippen molar-refractivity contribution in [3.63, 3.8) is 0 Å². The Kier molecular flexibility index (Phi) is 3.67. The average molecular weight is 333 g/mol. The molecular weight excluding hydrogens is 320 g/mol. The summed E-state index contributed by atoms with van der Waals surface area (Å²) in [5, 5.41) is 2.68. The van der Waals surface area contributed by atoms with Gasteiger partial charge in [0.05, 0.1) is 0 Å². The first kappa shape index (κ1) is 12.8. The van der Waals surface area contributed by atoms with Gasteiger partial charge in [-0.05, 0) is 42.7 Å². The lowest BCUT2D eigenvalue weighted by Gasteiger charge is -2.04. The van der Waals surface area contributed by atoms with Crippen molar-refractivity contribution in [1.82, 2.24) is 0 Å². The molecule has 0 saturated heterocycles. The topological polar surface area (TPSA) is 17.1 Å². The Morgan fingerprint density at radius 2 is 1.79 bits per heavy atom. The van der Waals surface area contributed by atoms with Crippen LogP contribution < -0.4 is 5.43 Å². The molecule has 0 radical (unpaired) electrons. The molecule has 0 unspecified atom stereocenters. The summed E-state index contributed by atoms with van der Waals surface area (Å²) in [4.78, 5) is 12.5. The second kappa shape index (κ2) is 5.43. The molecule has 0 bridgehead atoms. The fraction of sp³-hybridized carbons (Fsp3) is 0.188. The van der Waals surface area contributed by atoms with Crippen LogP contribution in [0.5, 0.6) is 0 Å². The van der Waals surface area contributed by atoms with E-state index in [0.29, 0.717) is 0 Å². The smallest absolute Gasteiger partial charge is 0.195 e. The monoisotopic (exact) mass is 332 g/mol. The van der Waals surface area contributed by atoms with Crippen LogP contribution in [-0.2, 0) is 6.42 Å². The van der Waals surface area contributed by atoms with Crippen molar-refractivity contribution in [2.45, 2.75) is 12.8 Å². The van der Waals surface area contributed by atoms with E-state index in [-0.39, 0.29) is 5.43 Å². The minimum atomic E-state index is 0.157. The molecular formula is C16H13BrOS. The molecule has 2 aromatic carbocycles. The van der Waals surface area contributed by atoms with Crippen LogP contribution in [0.3, 0.4) is 0 Å². The first-order valence-corrected chi connectivity index (χ1v) is 8.24. The predicted octanol–water partition coefficient (Wildman–Crippen LogP) is 4.74. The molecule has 0 aliphatic rings. The Morgan fingerprint density at radius 3 is 2.63 bits per heavy atom. The van der Waals surface area contributed by atoms with E-state index in [2.05, 4.69) is 34.1 Å². The number of rotatable bonds is 3. The zero-order chi connectivity index (χ0) is 13.2. The maximum Gasteiger partial charge on any atom is 0.195 e. The van der Waals surface area contributed by atoms with Crippen LogP contribution >= 0.6 is 27.3 Å². The molecule has 0 atom stereocenters. The van der Waals surface area contributed by atoms with Gasteiger partial charge in [0.2, 0.25) is 0 Å². The Morgan fingerprint density at radius 1 is 1.00 bits per heavy atom. The number of fused-ring (bicyclic) bond motifs is 2. The van der Waals surface area contributed by atoms with Crippen LogP contribution in [0.2, 0.25) is 0 Å². The van der Waals surface area contributed by atoms with Crippen LogP contribution in [0.15, 0.2) is 47.3 Å². The number of alkyl halides is 1. The standard InChI is InChI=1S/C16H13BrOS/c17-9-3-4-11-7-8-15-13(10-11)16(18)12-5-1-2-6-14(12)19-15/h1-2,5-8,10H,3-4,9H2. The van der Waals surface area contributed by atoms with Crippen molar-refractivity contribution >= 4 is 47.4 Å². The molecule has 0 amide bonds. The molecule has 0 fully saturated rings. The Balaban J connectivity index is 2.24. The first-order chi connectivity index (χ1) is 9.29. The highest BCUT2D eigenvalue weighted by Gasteiger charge is 2.06. The quantitative estimate of drug-likeness (QED) is 0.500. The van der Waals surface area contributed by atoms with Gasteiger partial charge in [0, 0.05) is 25.5 Å². The molecule has 19 heavy (non-hydrogen) atoms. The molecule has 0 aliphatic heterocycles. The molecule has 0 N–H and O–H groups in total. The Labute approximate surface area is 124 Å². The molecule has 1 heterocycles. The van der Waals surface area contributed by atoms with Crippen LogP contribution in [-0.4, -0.2) is 5.33 Å². The third-order valence-corrected chi connectivity index (χ3v) is 4.95. The minimum Gasteiger partial charge on any atom is -0.289 e. The first-order valence-electron chi connectivity index (χ1n) is 6.30. The highest BCUT2D eigenvalue weighted by Crippen LogP contribution is 2.25. The summed E-state index contributed by atoms with van der Waals surface area (Å²) >= 11 is 5.13. The highest BCUT2D eigenvalue weighted by molar-refractivity contribution is 9.09. The maximum absolute atomic E-state index is 12.5. The number of halogens is 1. The van der Waals surface area contributed by atoms with E-state index in [1.54, 1.807) is 11.3 Å².